The first-order chi connectivity index (χ1) is 2.41. The van der Waals surface area contributed by atoms with Crippen LogP contribution in [0.4, 0.5) is 0 Å². The third kappa shape index (κ3) is 4.66. The predicted octanol–water partition coefficient (Wildman–Crippen LogP) is 0.791. The molecule has 1 radical (unpaired) electrons. The highest BCUT2D eigenvalue weighted by Crippen LogP contribution is 1.99. The Morgan fingerprint density at radius 2 is 2.40 bits per heavy atom. The zero-order chi connectivity index (χ0) is 4.12. The smallest absolute Gasteiger partial charge is 0.0169 e. The summed E-state index contributed by atoms with van der Waals surface area (Å²) in [6.07, 6.45) is 0. The summed E-state index contributed by atoms with van der Waals surface area (Å²) in [5.41, 5.74) is 5.05. The Morgan fingerprint density at radius 1 is 1.80 bits per heavy atom. The summed E-state index contributed by atoms with van der Waals surface area (Å²) < 4.78 is 0. The molecule has 0 amide bonds. The van der Waals surface area contributed by atoms with E-state index in [0.29, 0.717) is 6.54 Å². The van der Waals surface area contributed by atoms with E-state index in [0.717, 1.165) is 5.75 Å². The van der Waals surface area contributed by atoms with Gasteiger partial charge in [0.1, 0.15) is 0 Å². The largest absolute Gasteiger partial charge is 0.330 e. The summed E-state index contributed by atoms with van der Waals surface area (Å²) in [6.45, 7) is 0.703. The standard InChI is InChI=1S/C2H6NS2/c3-1-2-5-4/h1-3H2. The normalized spacial score (nSPS) is 8.40. The lowest BCUT2D eigenvalue weighted by atomic mass is 10.8. The van der Waals surface area contributed by atoms with Crippen LogP contribution in [0.2, 0.25) is 0 Å². The van der Waals surface area contributed by atoms with Gasteiger partial charge in [-0.05, 0) is 11.7 Å². The average molecular weight is 108 g/mol. The van der Waals surface area contributed by atoms with Crippen molar-refractivity contribution in [3.8, 4) is 0 Å². The van der Waals surface area contributed by atoms with Crippen LogP contribution in [0.1, 0.15) is 0 Å². The molecule has 5 heavy (non-hydrogen) atoms. The maximum absolute atomic E-state index is 5.05. The number of hydrogen-bond donors (Lipinski definition) is 1. The van der Waals surface area contributed by atoms with E-state index in [-0.39, 0.29) is 0 Å². The molecule has 0 aliphatic carbocycles. The SMILES string of the molecule is NCCS[S]. The van der Waals surface area contributed by atoms with Crippen molar-refractivity contribution in [2.24, 2.45) is 5.73 Å². The van der Waals surface area contributed by atoms with E-state index in [1.165, 1.54) is 10.8 Å². The van der Waals surface area contributed by atoms with Crippen molar-refractivity contribution in [1.82, 2.24) is 0 Å². The molecule has 0 fully saturated rings. The summed E-state index contributed by atoms with van der Waals surface area (Å²) in [4.78, 5) is 0. The molecule has 0 aromatic heterocycles. The first-order valence-electron chi connectivity index (χ1n) is 1.36. The van der Waals surface area contributed by atoms with E-state index < -0.39 is 0 Å². The van der Waals surface area contributed by atoms with Crippen LogP contribution in [0.25, 0.3) is 0 Å². The fraction of sp³-hybridized carbons (Fsp3) is 1.00. The van der Waals surface area contributed by atoms with Gasteiger partial charge >= 0.3 is 0 Å². The monoisotopic (exact) mass is 108 g/mol. The summed E-state index contributed by atoms with van der Waals surface area (Å²) in [5, 5.41) is 0. The first-order valence-corrected chi connectivity index (χ1v) is 3.27. The maximum Gasteiger partial charge on any atom is 0.0169 e. The predicted molar refractivity (Wildman–Crippen MR) is 29.1 cm³/mol. The molecule has 0 aromatic carbocycles. The van der Waals surface area contributed by atoms with Crippen LogP contribution in [-0.4, -0.2) is 12.3 Å². The van der Waals surface area contributed by atoms with Gasteiger partial charge in [-0.3, -0.25) is 0 Å². The molecule has 2 N–H and O–H groups in total. The molecule has 0 atom stereocenters. The van der Waals surface area contributed by atoms with Crippen LogP contribution >= 0.6 is 22.5 Å². The molecule has 0 aliphatic heterocycles. The van der Waals surface area contributed by atoms with Gasteiger partial charge in [0.25, 0.3) is 0 Å². The Morgan fingerprint density at radius 3 is 2.40 bits per heavy atom. The van der Waals surface area contributed by atoms with Crippen LogP contribution in [0.15, 0.2) is 0 Å². The number of nitrogens with two attached hydrogens (primary N) is 1. The van der Waals surface area contributed by atoms with Crippen LogP contribution in [0.5, 0.6) is 0 Å². The van der Waals surface area contributed by atoms with Gasteiger partial charge in [0.2, 0.25) is 0 Å². The lowest BCUT2D eigenvalue weighted by Crippen LogP contribution is -1.98. The Labute approximate surface area is 41.1 Å². The van der Waals surface area contributed by atoms with E-state index >= 15 is 0 Å². The van der Waals surface area contributed by atoms with Crippen molar-refractivity contribution in [2.75, 3.05) is 12.3 Å². The third-order valence-electron chi connectivity index (χ3n) is 0.201. The first kappa shape index (κ1) is 5.66. The van der Waals surface area contributed by atoms with Crippen LogP contribution in [-0.2, 0) is 0 Å². The minimum Gasteiger partial charge on any atom is -0.330 e. The highest BCUT2D eigenvalue weighted by atomic mass is 33.1. The van der Waals surface area contributed by atoms with Gasteiger partial charge in [0.15, 0.2) is 0 Å². The van der Waals surface area contributed by atoms with E-state index in [9.17, 15) is 0 Å². The van der Waals surface area contributed by atoms with Crippen molar-refractivity contribution >= 4 is 22.5 Å². The molecule has 0 unspecified atom stereocenters. The van der Waals surface area contributed by atoms with Crippen molar-refractivity contribution in [3.63, 3.8) is 0 Å². The van der Waals surface area contributed by atoms with Crippen LogP contribution in [0, 0.1) is 0 Å². The quantitative estimate of drug-likeness (QED) is 0.529. The van der Waals surface area contributed by atoms with Gasteiger partial charge in [-0.25, -0.2) is 0 Å². The highest BCUT2D eigenvalue weighted by Gasteiger charge is 1.70. The molecule has 0 saturated carbocycles. The summed E-state index contributed by atoms with van der Waals surface area (Å²) in [6, 6.07) is 0. The van der Waals surface area contributed by atoms with Gasteiger partial charge in [-0.15, -0.1) is 0 Å². The van der Waals surface area contributed by atoms with E-state index in [2.05, 4.69) is 11.7 Å². The molecule has 0 aromatic rings. The lowest BCUT2D eigenvalue weighted by Gasteiger charge is -1.78. The Balaban J connectivity index is 2.19. The van der Waals surface area contributed by atoms with Crippen LogP contribution < -0.4 is 5.73 Å². The molecule has 0 spiro atoms. The number of hydrogen-bond acceptors (Lipinski definition) is 2. The maximum atomic E-state index is 5.05. The second-order valence-corrected chi connectivity index (χ2v) is 1.96. The molecule has 0 saturated heterocycles. The van der Waals surface area contributed by atoms with Crippen molar-refractivity contribution < 1.29 is 0 Å². The van der Waals surface area contributed by atoms with Gasteiger partial charge in [0.05, 0.1) is 0 Å². The Hall–Kier alpha value is 0.660. The van der Waals surface area contributed by atoms with Gasteiger partial charge in [-0.1, -0.05) is 10.8 Å². The fourth-order valence-corrected chi connectivity index (χ4v) is 0.433. The molecule has 0 bridgehead atoms. The molecule has 0 aliphatic rings. The summed E-state index contributed by atoms with van der Waals surface area (Å²) >= 11 is 4.49. The molecule has 31 valence electrons. The minimum atomic E-state index is 0.703. The molecule has 0 heterocycles. The second kappa shape index (κ2) is 4.66. The average Bonchev–Trinajstić information content (AvgIpc) is 1.41. The Bertz CT molecular complexity index is 15.1. The molecule has 0 rings (SSSR count). The molecule has 3 heteroatoms. The van der Waals surface area contributed by atoms with E-state index in [1.807, 2.05) is 0 Å². The summed E-state index contributed by atoms with van der Waals surface area (Å²) in [5.74, 6) is 0.898. The Kier molecular flexibility index (Phi) is 5.28. The fourth-order valence-electron chi connectivity index (χ4n) is 0.0481. The van der Waals surface area contributed by atoms with E-state index in [1.54, 1.807) is 0 Å². The van der Waals surface area contributed by atoms with Gasteiger partial charge < -0.3 is 5.73 Å². The van der Waals surface area contributed by atoms with Crippen LogP contribution in [0.3, 0.4) is 0 Å². The lowest BCUT2D eigenvalue weighted by molar-refractivity contribution is 1.16. The molecular weight excluding hydrogens is 102 g/mol. The molecule has 1 nitrogen and oxygen atoms in total. The second-order valence-electron chi connectivity index (χ2n) is 0.611. The summed E-state index contributed by atoms with van der Waals surface area (Å²) in [7, 11) is 1.36. The molecular formula is C2H6NS2. The number of rotatable bonds is 2. The zero-order valence-corrected chi connectivity index (χ0v) is 4.44. The zero-order valence-electron chi connectivity index (χ0n) is 2.81. The van der Waals surface area contributed by atoms with E-state index in [4.69, 9.17) is 5.73 Å². The van der Waals surface area contributed by atoms with Crippen molar-refractivity contribution in [3.05, 3.63) is 0 Å². The highest BCUT2D eigenvalue weighted by molar-refractivity contribution is 8.68. The van der Waals surface area contributed by atoms with Crippen molar-refractivity contribution in [1.29, 1.82) is 0 Å². The topological polar surface area (TPSA) is 26.0 Å². The third-order valence-corrected chi connectivity index (χ3v) is 1.10. The van der Waals surface area contributed by atoms with Crippen molar-refractivity contribution in [2.45, 2.75) is 0 Å². The minimum absolute atomic E-state index is 0.703. The van der Waals surface area contributed by atoms with Gasteiger partial charge in [-0.2, -0.15) is 0 Å². The van der Waals surface area contributed by atoms with Gasteiger partial charge in [0, 0.05) is 12.3 Å².